The molecule has 1 heterocycles. The smallest absolute Gasteiger partial charge is 0.131 e. The van der Waals surface area contributed by atoms with E-state index < -0.39 is 0 Å². The van der Waals surface area contributed by atoms with Gasteiger partial charge in [0.05, 0.1) is 5.52 Å². The number of pyridine rings is 1. The fourth-order valence-electron chi connectivity index (χ4n) is 3.01. The summed E-state index contributed by atoms with van der Waals surface area (Å²) in [5.41, 5.74) is 4.37. The van der Waals surface area contributed by atoms with Crippen LogP contribution >= 0.6 is 0 Å². The van der Waals surface area contributed by atoms with Crippen molar-refractivity contribution in [1.82, 2.24) is 4.98 Å². The lowest BCUT2D eigenvalue weighted by molar-refractivity contribution is 0.479. The van der Waals surface area contributed by atoms with Crippen molar-refractivity contribution >= 4 is 10.9 Å². The number of para-hydroxylation sites is 1. The van der Waals surface area contributed by atoms with Crippen LogP contribution in [0, 0.1) is 12.7 Å². The molecule has 0 atom stereocenters. The van der Waals surface area contributed by atoms with E-state index >= 15 is 0 Å². The number of halogens is 1. The van der Waals surface area contributed by atoms with E-state index in [-0.39, 0.29) is 11.6 Å². The van der Waals surface area contributed by atoms with Crippen LogP contribution in [-0.2, 0) is 0 Å². The van der Waals surface area contributed by atoms with Gasteiger partial charge in [0.15, 0.2) is 0 Å². The Morgan fingerprint density at radius 1 is 0.840 bits per heavy atom. The predicted molar refractivity (Wildman–Crippen MR) is 99.0 cm³/mol. The Labute approximate surface area is 145 Å². The lowest BCUT2D eigenvalue weighted by Crippen LogP contribution is -1.88. The summed E-state index contributed by atoms with van der Waals surface area (Å²) in [7, 11) is 0. The molecule has 1 aromatic heterocycles. The average Bonchev–Trinajstić information content (AvgIpc) is 2.64. The Bertz CT molecular complexity index is 1090. The minimum absolute atomic E-state index is 0.147. The number of aryl methyl sites for hydroxylation is 1. The van der Waals surface area contributed by atoms with Crippen molar-refractivity contribution in [2.45, 2.75) is 6.92 Å². The van der Waals surface area contributed by atoms with E-state index in [0.29, 0.717) is 22.3 Å². The molecule has 0 aliphatic rings. The van der Waals surface area contributed by atoms with E-state index in [1.807, 2.05) is 48.5 Å². The zero-order valence-electron chi connectivity index (χ0n) is 13.7. The number of rotatable bonds is 2. The van der Waals surface area contributed by atoms with Gasteiger partial charge in [0, 0.05) is 22.7 Å². The summed E-state index contributed by atoms with van der Waals surface area (Å²) in [6, 6.07) is 20.3. The molecule has 25 heavy (non-hydrogen) atoms. The Morgan fingerprint density at radius 2 is 1.56 bits per heavy atom. The van der Waals surface area contributed by atoms with Gasteiger partial charge in [0.1, 0.15) is 11.6 Å². The molecule has 0 saturated carbocycles. The number of phenolic OH excluding ortho intramolecular Hbond substituents is 1. The van der Waals surface area contributed by atoms with Gasteiger partial charge in [-0.25, -0.2) is 4.39 Å². The summed E-state index contributed by atoms with van der Waals surface area (Å²) < 4.78 is 13.9. The van der Waals surface area contributed by atoms with Crippen molar-refractivity contribution < 1.29 is 9.50 Å². The molecule has 0 aliphatic carbocycles. The molecule has 0 aliphatic heterocycles. The van der Waals surface area contributed by atoms with Crippen molar-refractivity contribution in [3.05, 3.63) is 84.3 Å². The van der Waals surface area contributed by atoms with E-state index in [9.17, 15) is 9.50 Å². The van der Waals surface area contributed by atoms with Crippen molar-refractivity contribution in [2.75, 3.05) is 0 Å². The maximum Gasteiger partial charge on any atom is 0.131 e. The van der Waals surface area contributed by atoms with Gasteiger partial charge in [0.25, 0.3) is 0 Å². The van der Waals surface area contributed by atoms with Gasteiger partial charge in [0.2, 0.25) is 0 Å². The maximum atomic E-state index is 13.9. The normalized spacial score (nSPS) is 11.0. The van der Waals surface area contributed by atoms with Gasteiger partial charge in [-0.1, -0.05) is 42.5 Å². The third kappa shape index (κ3) is 2.74. The van der Waals surface area contributed by atoms with Gasteiger partial charge in [-0.2, -0.15) is 0 Å². The summed E-state index contributed by atoms with van der Waals surface area (Å²) in [6.07, 6.45) is 1.76. The lowest BCUT2D eigenvalue weighted by atomic mass is 9.96. The minimum atomic E-state index is -0.279. The van der Waals surface area contributed by atoms with Crippen LogP contribution in [0.15, 0.2) is 72.9 Å². The third-order valence-electron chi connectivity index (χ3n) is 4.43. The Morgan fingerprint density at radius 3 is 2.32 bits per heavy atom. The number of hydrogen-bond acceptors (Lipinski definition) is 2. The molecule has 0 bridgehead atoms. The molecular formula is C22H16FNO. The minimum Gasteiger partial charge on any atom is -0.507 e. The fraction of sp³-hybridized carbons (Fsp3) is 0.0455. The van der Waals surface area contributed by atoms with E-state index in [0.717, 1.165) is 16.5 Å². The molecule has 0 fully saturated rings. The van der Waals surface area contributed by atoms with Gasteiger partial charge < -0.3 is 5.11 Å². The van der Waals surface area contributed by atoms with Crippen molar-refractivity contribution in [2.24, 2.45) is 0 Å². The highest BCUT2D eigenvalue weighted by atomic mass is 19.1. The van der Waals surface area contributed by atoms with Crippen LogP contribution in [-0.4, -0.2) is 10.1 Å². The summed E-state index contributed by atoms with van der Waals surface area (Å²) >= 11 is 0. The maximum absolute atomic E-state index is 13.9. The highest BCUT2D eigenvalue weighted by Crippen LogP contribution is 2.38. The summed E-state index contributed by atoms with van der Waals surface area (Å²) in [4.78, 5) is 4.32. The summed E-state index contributed by atoms with van der Waals surface area (Å²) in [6.45, 7) is 1.72. The Balaban J connectivity index is 1.86. The van der Waals surface area contributed by atoms with Gasteiger partial charge in [-0.3, -0.25) is 4.98 Å². The number of benzene rings is 3. The molecular weight excluding hydrogens is 313 g/mol. The van der Waals surface area contributed by atoms with Gasteiger partial charge >= 0.3 is 0 Å². The topological polar surface area (TPSA) is 33.1 Å². The standard InChI is InChI=1S/C22H16FNO/c1-14-7-8-16(13-20(14)23)19-6-2-5-18(22(19)25)15-9-10-21-17(12-15)4-3-11-24-21/h2-13,25H,1H3. The van der Waals surface area contributed by atoms with Crippen LogP contribution < -0.4 is 0 Å². The number of nitrogens with zero attached hydrogens (tertiary/aromatic N) is 1. The first-order chi connectivity index (χ1) is 12.1. The molecule has 3 heteroatoms. The van der Waals surface area contributed by atoms with Crippen LogP contribution in [0.3, 0.4) is 0 Å². The van der Waals surface area contributed by atoms with E-state index in [2.05, 4.69) is 4.98 Å². The molecule has 3 aromatic carbocycles. The number of aromatic nitrogens is 1. The molecule has 4 rings (SSSR count). The Kier molecular flexibility index (Phi) is 3.69. The van der Waals surface area contributed by atoms with E-state index in [1.54, 1.807) is 25.3 Å². The first-order valence-electron chi connectivity index (χ1n) is 8.07. The van der Waals surface area contributed by atoms with Gasteiger partial charge in [-0.15, -0.1) is 0 Å². The molecule has 0 unspecified atom stereocenters. The first kappa shape index (κ1) is 15.3. The first-order valence-corrected chi connectivity index (χ1v) is 8.07. The highest BCUT2D eigenvalue weighted by molar-refractivity contribution is 5.88. The van der Waals surface area contributed by atoms with Gasteiger partial charge in [-0.05, 0) is 47.9 Å². The number of aromatic hydroxyl groups is 1. The third-order valence-corrected chi connectivity index (χ3v) is 4.43. The van der Waals surface area contributed by atoms with Crippen molar-refractivity contribution in [1.29, 1.82) is 0 Å². The average molecular weight is 329 g/mol. The fourth-order valence-corrected chi connectivity index (χ4v) is 3.01. The highest BCUT2D eigenvalue weighted by Gasteiger charge is 2.12. The molecule has 2 nitrogen and oxygen atoms in total. The number of hydrogen-bond donors (Lipinski definition) is 1. The predicted octanol–water partition coefficient (Wildman–Crippen LogP) is 5.72. The van der Waals surface area contributed by atoms with Crippen LogP contribution in [0.25, 0.3) is 33.2 Å². The zero-order chi connectivity index (χ0) is 17.4. The van der Waals surface area contributed by atoms with E-state index in [4.69, 9.17) is 0 Å². The quantitative estimate of drug-likeness (QED) is 0.510. The van der Waals surface area contributed by atoms with Crippen LogP contribution in [0.4, 0.5) is 4.39 Å². The second kappa shape index (κ2) is 6.02. The van der Waals surface area contributed by atoms with Crippen LogP contribution in [0.5, 0.6) is 5.75 Å². The second-order valence-corrected chi connectivity index (χ2v) is 6.08. The second-order valence-electron chi connectivity index (χ2n) is 6.08. The lowest BCUT2D eigenvalue weighted by Gasteiger charge is -2.11. The Hall–Kier alpha value is -3.20. The largest absolute Gasteiger partial charge is 0.507 e. The molecule has 122 valence electrons. The van der Waals surface area contributed by atoms with Crippen molar-refractivity contribution in [3.63, 3.8) is 0 Å². The van der Waals surface area contributed by atoms with Crippen LogP contribution in [0.1, 0.15) is 5.56 Å². The monoisotopic (exact) mass is 329 g/mol. The van der Waals surface area contributed by atoms with Crippen LogP contribution in [0.2, 0.25) is 0 Å². The van der Waals surface area contributed by atoms with E-state index in [1.165, 1.54) is 6.07 Å². The zero-order valence-corrected chi connectivity index (χ0v) is 13.7. The summed E-state index contributed by atoms with van der Waals surface area (Å²) in [5, 5.41) is 11.8. The molecule has 4 aromatic rings. The van der Waals surface area contributed by atoms with Crippen molar-refractivity contribution in [3.8, 4) is 28.0 Å². The molecule has 0 saturated heterocycles. The molecule has 0 amide bonds. The molecule has 1 N–H and O–H groups in total. The number of fused-ring (bicyclic) bond motifs is 1. The molecule has 0 spiro atoms. The summed E-state index contributed by atoms with van der Waals surface area (Å²) in [5.74, 6) is -0.131. The number of phenols is 1. The SMILES string of the molecule is Cc1ccc(-c2cccc(-c3ccc4ncccc4c3)c2O)cc1F. The molecule has 0 radical (unpaired) electrons.